The van der Waals surface area contributed by atoms with Crippen molar-refractivity contribution >= 4 is 39.0 Å². The molecular weight excluding hydrogens is 763 g/mol. The topological polar surface area (TPSA) is 16.4 Å². The van der Waals surface area contributed by atoms with E-state index in [9.17, 15) is 0 Å². The Morgan fingerprint density at radius 3 is 1.48 bits per heavy atom. The van der Waals surface area contributed by atoms with Gasteiger partial charge in [-0.1, -0.05) is 194 Å². The number of anilines is 3. The van der Waals surface area contributed by atoms with Gasteiger partial charge < -0.3 is 9.32 Å². The van der Waals surface area contributed by atoms with Crippen LogP contribution in [0.2, 0.25) is 0 Å². The van der Waals surface area contributed by atoms with E-state index in [1.807, 2.05) is 12.1 Å². The van der Waals surface area contributed by atoms with E-state index in [1.54, 1.807) is 0 Å². The first-order valence-electron chi connectivity index (χ1n) is 21.7. The molecule has 296 valence electrons. The van der Waals surface area contributed by atoms with Gasteiger partial charge in [0.15, 0.2) is 0 Å². The van der Waals surface area contributed by atoms with Crippen LogP contribution in [0.5, 0.6) is 0 Å². The van der Waals surface area contributed by atoms with E-state index < -0.39 is 5.41 Å². The predicted octanol–water partition coefficient (Wildman–Crippen LogP) is 16.4. The first kappa shape index (κ1) is 36.6. The van der Waals surface area contributed by atoms with Crippen LogP contribution in [0.25, 0.3) is 66.4 Å². The molecule has 2 nitrogen and oxygen atoms in total. The van der Waals surface area contributed by atoms with E-state index in [0.717, 1.165) is 61.3 Å². The second-order valence-corrected chi connectivity index (χ2v) is 16.4. The van der Waals surface area contributed by atoms with Crippen LogP contribution in [-0.4, -0.2) is 0 Å². The number of fused-ring (bicyclic) bond motifs is 6. The molecule has 0 atom stereocenters. The van der Waals surface area contributed by atoms with Gasteiger partial charge in [0.05, 0.1) is 5.41 Å². The fourth-order valence-electron chi connectivity index (χ4n) is 10.2. The van der Waals surface area contributed by atoms with Crippen molar-refractivity contribution in [3.8, 4) is 44.5 Å². The Kier molecular flexibility index (Phi) is 8.76. The Labute approximate surface area is 367 Å². The molecule has 0 unspecified atom stereocenters. The number of nitrogens with zero attached hydrogens (tertiary/aromatic N) is 1. The highest BCUT2D eigenvalue weighted by molar-refractivity contribution is 6.12. The first-order valence-corrected chi connectivity index (χ1v) is 21.7. The van der Waals surface area contributed by atoms with Gasteiger partial charge in [-0.3, -0.25) is 0 Å². The third-order valence-corrected chi connectivity index (χ3v) is 12.9. The molecule has 1 aliphatic rings. The van der Waals surface area contributed by atoms with E-state index in [1.165, 1.54) is 44.5 Å². The highest BCUT2D eigenvalue weighted by Gasteiger charge is 2.46. The van der Waals surface area contributed by atoms with Gasteiger partial charge in [-0.15, -0.1) is 0 Å². The van der Waals surface area contributed by atoms with Gasteiger partial charge in [-0.05, 0) is 121 Å². The Morgan fingerprint density at radius 1 is 0.302 bits per heavy atom. The van der Waals surface area contributed by atoms with Crippen LogP contribution in [0, 0.1) is 0 Å². The van der Waals surface area contributed by atoms with Crippen molar-refractivity contribution in [2.75, 3.05) is 4.90 Å². The quantitative estimate of drug-likeness (QED) is 0.152. The van der Waals surface area contributed by atoms with E-state index in [0.29, 0.717) is 0 Å². The van der Waals surface area contributed by atoms with Crippen molar-refractivity contribution in [3.05, 3.63) is 271 Å². The molecule has 12 rings (SSSR count). The Morgan fingerprint density at radius 2 is 0.778 bits per heavy atom. The molecule has 63 heavy (non-hydrogen) atoms. The number of para-hydroxylation sites is 1. The fraction of sp³-hybridized carbons (Fsp3) is 0.0164. The van der Waals surface area contributed by atoms with Gasteiger partial charge >= 0.3 is 0 Å². The molecule has 2 heteroatoms. The van der Waals surface area contributed by atoms with E-state index in [2.05, 4.69) is 241 Å². The minimum Gasteiger partial charge on any atom is -0.456 e. The van der Waals surface area contributed by atoms with Crippen molar-refractivity contribution in [2.45, 2.75) is 5.41 Å². The van der Waals surface area contributed by atoms with Crippen LogP contribution >= 0.6 is 0 Å². The Bertz CT molecular complexity index is 3420. The second-order valence-electron chi connectivity index (χ2n) is 16.4. The Hall–Kier alpha value is -8.20. The molecule has 0 spiro atoms. The maximum absolute atomic E-state index is 6.33. The van der Waals surface area contributed by atoms with Crippen LogP contribution in [0.3, 0.4) is 0 Å². The number of hydrogen-bond acceptors (Lipinski definition) is 2. The SMILES string of the molecule is c1ccc(-c2cccc(N(c3cccc(-c4ccc5c(c4)-c4ccccc4C5(c4ccccc4)c4ccccc4)c3)c3cccc(-c4cccc5oc6ccccc6c45)c3)c2)cc1. The average Bonchev–Trinajstić information content (AvgIpc) is 3.89. The van der Waals surface area contributed by atoms with Gasteiger partial charge in [0.1, 0.15) is 11.2 Å². The number of benzene rings is 10. The van der Waals surface area contributed by atoms with Crippen LogP contribution in [0.15, 0.2) is 253 Å². The molecular formula is C61H41NO. The standard InChI is InChI=1S/C61H41NO/c1-4-18-42(19-5-1)43-20-14-27-49(38-43)62(51-29-16-22-46(40-51)52-32-17-35-59-60(52)54-31-11-13-34-58(54)63-59)50-28-15-21-44(39-50)45-36-37-57-55(41-45)53-30-10-12-33-56(53)61(57,47-23-6-2-7-24-47)48-25-8-3-9-26-48/h1-41H. The zero-order valence-corrected chi connectivity index (χ0v) is 34.5. The van der Waals surface area contributed by atoms with Crippen molar-refractivity contribution in [3.63, 3.8) is 0 Å². The summed E-state index contributed by atoms with van der Waals surface area (Å²) in [6, 6.07) is 90.2. The highest BCUT2D eigenvalue weighted by atomic mass is 16.3. The van der Waals surface area contributed by atoms with Gasteiger partial charge in [-0.2, -0.15) is 0 Å². The van der Waals surface area contributed by atoms with Gasteiger partial charge in [0.2, 0.25) is 0 Å². The summed E-state index contributed by atoms with van der Waals surface area (Å²) in [4.78, 5) is 2.39. The lowest BCUT2D eigenvalue weighted by Gasteiger charge is -2.33. The number of furan rings is 1. The summed E-state index contributed by atoms with van der Waals surface area (Å²) in [6.07, 6.45) is 0. The fourth-order valence-corrected chi connectivity index (χ4v) is 10.2. The summed E-state index contributed by atoms with van der Waals surface area (Å²) in [5.74, 6) is 0. The molecule has 1 heterocycles. The summed E-state index contributed by atoms with van der Waals surface area (Å²) in [7, 11) is 0. The third kappa shape index (κ3) is 6.02. The molecule has 0 N–H and O–H groups in total. The molecule has 1 aliphatic carbocycles. The predicted molar refractivity (Wildman–Crippen MR) is 262 cm³/mol. The molecule has 0 radical (unpaired) electrons. The second kappa shape index (κ2) is 15.1. The molecule has 11 aromatic rings. The average molecular weight is 804 g/mol. The summed E-state index contributed by atoms with van der Waals surface area (Å²) < 4.78 is 6.33. The summed E-state index contributed by atoms with van der Waals surface area (Å²) in [6.45, 7) is 0. The third-order valence-electron chi connectivity index (χ3n) is 12.9. The van der Waals surface area contributed by atoms with Crippen LogP contribution in [0.4, 0.5) is 17.1 Å². The monoisotopic (exact) mass is 803 g/mol. The van der Waals surface area contributed by atoms with Crippen molar-refractivity contribution < 1.29 is 4.42 Å². The number of hydrogen-bond donors (Lipinski definition) is 0. The minimum absolute atomic E-state index is 0.437. The van der Waals surface area contributed by atoms with Crippen molar-refractivity contribution in [2.24, 2.45) is 0 Å². The van der Waals surface area contributed by atoms with Gasteiger partial charge in [-0.25, -0.2) is 0 Å². The molecule has 0 saturated heterocycles. The first-order chi connectivity index (χ1) is 31.2. The smallest absolute Gasteiger partial charge is 0.136 e. The summed E-state index contributed by atoms with van der Waals surface area (Å²) >= 11 is 0. The molecule has 0 amide bonds. The zero-order chi connectivity index (χ0) is 41.7. The largest absolute Gasteiger partial charge is 0.456 e. The molecule has 0 aliphatic heterocycles. The van der Waals surface area contributed by atoms with Crippen LogP contribution < -0.4 is 4.90 Å². The highest BCUT2D eigenvalue weighted by Crippen LogP contribution is 2.56. The molecule has 0 saturated carbocycles. The van der Waals surface area contributed by atoms with Crippen LogP contribution in [-0.2, 0) is 5.41 Å². The molecule has 10 aromatic carbocycles. The van der Waals surface area contributed by atoms with Gasteiger partial charge in [0, 0.05) is 27.8 Å². The summed E-state index contributed by atoms with van der Waals surface area (Å²) in [5.41, 5.74) is 19.2. The van der Waals surface area contributed by atoms with Crippen molar-refractivity contribution in [1.29, 1.82) is 0 Å². The lowest BCUT2D eigenvalue weighted by atomic mass is 9.67. The number of rotatable bonds is 8. The normalized spacial score (nSPS) is 12.6. The molecule has 0 bridgehead atoms. The minimum atomic E-state index is -0.437. The van der Waals surface area contributed by atoms with E-state index in [-0.39, 0.29) is 0 Å². The molecule has 1 aromatic heterocycles. The van der Waals surface area contributed by atoms with E-state index >= 15 is 0 Å². The zero-order valence-electron chi connectivity index (χ0n) is 34.5. The Balaban J connectivity index is 1.02. The molecule has 0 fully saturated rings. The lowest BCUT2D eigenvalue weighted by molar-refractivity contribution is 0.669. The van der Waals surface area contributed by atoms with Crippen molar-refractivity contribution in [1.82, 2.24) is 0 Å². The maximum Gasteiger partial charge on any atom is 0.136 e. The summed E-state index contributed by atoms with van der Waals surface area (Å²) in [5, 5.41) is 2.25. The lowest BCUT2D eigenvalue weighted by Crippen LogP contribution is -2.28. The maximum atomic E-state index is 6.33. The van der Waals surface area contributed by atoms with Crippen LogP contribution in [0.1, 0.15) is 22.3 Å². The van der Waals surface area contributed by atoms with E-state index in [4.69, 9.17) is 4.42 Å². The van der Waals surface area contributed by atoms with Gasteiger partial charge in [0.25, 0.3) is 0 Å².